The Morgan fingerprint density at radius 3 is 2.67 bits per heavy atom. The molecular weight excluding hydrogens is 224 g/mol. The lowest BCUT2D eigenvalue weighted by atomic mass is 10.0. The van der Waals surface area contributed by atoms with Crippen molar-refractivity contribution in [2.45, 2.75) is 46.6 Å². The molecule has 1 heterocycles. The van der Waals surface area contributed by atoms with E-state index in [0.29, 0.717) is 12.0 Å². The molecule has 0 saturated carbocycles. The SMILES string of the molecule is Cc1cc(C)c(OCC(C)C)c(CCC2CO2)c1. The highest BCUT2D eigenvalue weighted by Gasteiger charge is 2.22. The first kappa shape index (κ1) is 13.4. The van der Waals surface area contributed by atoms with E-state index < -0.39 is 0 Å². The van der Waals surface area contributed by atoms with Gasteiger partial charge >= 0.3 is 0 Å². The minimum absolute atomic E-state index is 0.490. The Hall–Kier alpha value is -1.02. The van der Waals surface area contributed by atoms with Crippen LogP contribution in [0.2, 0.25) is 0 Å². The summed E-state index contributed by atoms with van der Waals surface area (Å²) in [6.07, 6.45) is 2.66. The maximum atomic E-state index is 6.00. The van der Waals surface area contributed by atoms with Gasteiger partial charge in [0.15, 0.2) is 0 Å². The van der Waals surface area contributed by atoms with Crippen LogP contribution in [0.4, 0.5) is 0 Å². The molecule has 0 spiro atoms. The first-order chi connectivity index (χ1) is 8.56. The van der Waals surface area contributed by atoms with Gasteiger partial charge in [0.2, 0.25) is 0 Å². The molecule has 18 heavy (non-hydrogen) atoms. The van der Waals surface area contributed by atoms with Gasteiger partial charge in [0.1, 0.15) is 5.75 Å². The van der Waals surface area contributed by atoms with Crippen LogP contribution in [0.15, 0.2) is 12.1 Å². The van der Waals surface area contributed by atoms with Crippen LogP contribution in [0.25, 0.3) is 0 Å². The van der Waals surface area contributed by atoms with Crippen LogP contribution < -0.4 is 4.74 Å². The van der Waals surface area contributed by atoms with Crippen molar-refractivity contribution in [2.75, 3.05) is 13.2 Å². The predicted octanol–water partition coefficient (Wildman–Crippen LogP) is 3.67. The molecule has 2 heteroatoms. The molecule has 0 amide bonds. The Kier molecular flexibility index (Phi) is 4.28. The fourth-order valence-corrected chi connectivity index (χ4v) is 2.24. The van der Waals surface area contributed by atoms with E-state index in [1.165, 1.54) is 16.7 Å². The van der Waals surface area contributed by atoms with E-state index in [9.17, 15) is 0 Å². The number of ether oxygens (including phenoxy) is 2. The van der Waals surface area contributed by atoms with Crippen LogP contribution in [-0.4, -0.2) is 19.3 Å². The molecule has 1 saturated heterocycles. The molecule has 2 nitrogen and oxygen atoms in total. The quantitative estimate of drug-likeness (QED) is 0.716. The summed E-state index contributed by atoms with van der Waals surface area (Å²) < 4.78 is 11.3. The summed E-state index contributed by atoms with van der Waals surface area (Å²) in [5.41, 5.74) is 3.90. The molecular formula is C16H24O2. The van der Waals surface area contributed by atoms with Crippen molar-refractivity contribution in [1.29, 1.82) is 0 Å². The normalized spacial score (nSPS) is 18.2. The Balaban J connectivity index is 2.11. The minimum Gasteiger partial charge on any atom is -0.493 e. The van der Waals surface area contributed by atoms with Crippen molar-refractivity contribution >= 4 is 0 Å². The van der Waals surface area contributed by atoms with Crippen LogP contribution in [0, 0.1) is 19.8 Å². The molecule has 1 unspecified atom stereocenters. The van der Waals surface area contributed by atoms with Crippen LogP contribution in [0.3, 0.4) is 0 Å². The third-order valence-electron chi connectivity index (χ3n) is 3.19. The summed E-state index contributed by atoms with van der Waals surface area (Å²) in [7, 11) is 0. The van der Waals surface area contributed by atoms with Crippen LogP contribution in [-0.2, 0) is 11.2 Å². The fourth-order valence-electron chi connectivity index (χ4n) is 2.24. The molecule has 0 radical (unpaired) electrons. The van der Waals surface area contributed by atoms with E-state index in [2.05, 4.69) is 39.8 Å². The van der Waals surface area contributed by atoms with Gasteiger partial charge in [-0.15, -0.1) is 0 Å². The van der Waals surface area contributed by atoms with Crippen molar-refractivity contribution in [2.24, 2.45) is 5.92 Å². The van der Waals surface area contributed by atoms with Crippen molar-refractivity contribution in [3.63, 3.8) is 0 Å². The van der Waals surface area contributed by atoms with Gasteiger partial charge in [0.25, 0.3) is 0 Å². The number of rotatable bonds is 6. The standard InChI is InChI=1S/C16H24O2/c1-11(2)9-18-16-13(4)7-12(3)8-14(16)5-6-15-10-17-15/h7-8,11,15H,5-6,9-10H2,1-4H3. The van der Waals surface area contributed by atoms with Gasteiger partial charge in [0, 0.05) is 0 Å². The molecule has 2 rings (SSSR count). The van der Waals surface area contributed by atoms with Gasteiger partial charge in [-0.3, -0.25) is 0 Å². The van der Waals surface area contributed by atoms with Crippen LogP contribution in [0.1, 0.15) is 37.0 Å². The summed E-state index contributed by atoms with van der Waals surface area (Å²) in [5, 5.41) is 0. The number of hydrogen-bond acceptors (Lipinski definition) is 2. The first-order valence-electron chi connectivity index (χ1n) is 6.90. The van der Waals surface area contributed by atoms with Gasteiger partial charge in [-0.1, -0.05) is 31.5 Å². The third kappa shape index (κ3) is 3.74. The number of epoxide rings is 1. The second-order valence-corrected chi connectivity index (χ2v) is 5.77. The molecule has 0 aromatic heterocycles. The largest absolute Gasteiger partial charge is 0.493 e. The lowest BCUT2D eigenvalue weighted by molar-refractivity contribution is 0.266. The minimum atomic E-state index is 0.490. The van der Waals surface area contributed by atoms with Crippen LogP contribution >= 0.6 is 0 Å². The van der Waals surface area contributed by atoms with Gasteiger partial charge in [-0.25, -0.2) is 0 Å². The number of benzene rings is 1. The average molecular weight is 248 g/mol. The highest BCUT2D eigenvalue weighted by Crippen LogP contribution is 2.29. The molecule has 1 aliphatic heterocycles. The second-order valence-electron chi connectivity index (χ2n) is 5.77. The fraction of sp³-hybridized carbons (Fsp3) is 0.625. The van der Waals surface area contributed by atoms with Gasteiger partial charge in [-0.05, 0) is 43.7 Å². The smallest absolute Gasteiger partial charge is 0.125 e. The van der Waals surface area contributed by atoms with E-state index in [-0.39, 0.29) is 0 Å². The van der Waals surface area contributed by atoms with E-state index in [0.717, 1.165) is 31.8 Å². The molecule has 1 aliphatic rings. The summed E-state index contributed by atoms with van der Waals surface area (Å²) in [5.74, 6) is 1.65. The highest BCUT2D eigenvalue weighted by atomic mass is 16.6. The Bertz CT molecular complexity index is 406. The highest BCUT2D eigenvalue weighted by molar-refractivity contribution is 5.44. The summed E-state index contributed by atoms with van der Waals surface area (Å²) in [4.78, 5) is 0. The van der Waals surface area contributed by atoms with E-state index in [1.807, 2.05) is 0 Å². The van der Waals surface area contributed by atoms with E-state index in [4.69, 9.17) is 9.47 Å². The molecule has 0 N–H and O–H groups in total. The van der Waals surface area contributed by atoms with Gasteiger partial charge in [-0.2, -0.15) is 0 Å². The Morgan fingerprint density at radius 2 is 2.06 bits per heavy atom. The maximum Gasteiger partial charge on any atom is 0.125 e. The molecule has 1 atom stereocenters. The van der Waals surface area contributed by atoms with Crippen LogP contribution in [0.5, 0.6) is 5.75 Å². The number of aryl methyl sites for hydroxylation is 3. The zero-order chi connectivity index (χ0) is 13.1. The van der Waals surface area contributed by atoms with Gasteiger partial charge in [0.05, 0.1) is 19.3 Å². The zero-order valence-corrected chi connectivity index (χ0v) is 12.0. The summed E-state index contributed by atoms with van der Waals surface area (Å²) in [6.45, 7) is 10.4. The molecule has 0 bridgehead atoms. The van der Waals surface area contributed by atoms with Gasteiger partial charge < -0.3 is 9.47 Å². The molecule has 0 aliphatic carbocycles. The third-order valence-corrected chi connectivity index (χ3v) is 3.19. The monoisotopic (exact) mass is 248 g/mol. The first-order valence-corrected chi connectivity index (χ1v) is 6.90. The zero-order valence-electron chi connectivity index (χ0n) is 12.0. The lowest BCUT2D eigenvalue weighted by Gasteiger charge is -2.16. The van der Waals surface area contributed by atoms with Crippen molar-refractivity contribution in [3.8, 4) is 5.75 Å². The van der Waals surface area contributed by atoms with E-state index in [1.54, 1.807) is 0 Å². The molecule has 100 valence electrons. The summed E-state index contributed by atoms with van der Waals surface area (Å²) in [6, 6.07) is 4.46. The summed E-state index contributed by atoms with van der Waals surface area (Å²) >= 11 is 0. The second kappa shape index (κ2) is 5.75. The van der Waals surface area contributed by atoms with Crippen molar-refractivity contribution in [1.82, 2.24) is 0 Å². The topological polar surface area (TPSA) is 21.8 Å². The number of hydrogen-bond donors (Lipinski definition) is 0. The predicted molar refractivity (Wildman–Crippen MR) is 74.3 cm³/mol. The van der Waals surface area contributed by atoms with E-state index >= 15 is 0 Å². The Morgan fingerprint density at radius 1 is 1.33 bits per heavy atom. The lowest BCUT2D eigenvalue weighted by Crippen LogP contribution is -2.08. The van der Waals surface area contributed by atoms with Crippen molar-refractivity contribution < 1.29 is 9.47 Å². The molecule has 1 fully saturated rings. The molecule has 1 aromatic carbocycles. The molecule has 1 aromatic rings. The van der Waals surface area contributed by atoms with Crippen molar-refractivity contribution in [3.05, 3.63) is 28.8 Å². The average Bonchev–Trinajstić information content (AvgIpc) is 3.08. The Labute approximate surface area is 110 Å². The maximum absolute atomic E-state index is 6.00.